The Morgan fingerprint density at radius 2 is 1.27 bits per heavy atom. The van der Waals surface area contributed by atoms with Crippen LogP contribution in [-0.4, -0.2) is 12.4 Å². The molecule has 0 amide bonds. The summed E-state index contributed by atoms with van der Waals surface area (Å²) in [4.78, 5) is 12.0. The van der Waals surface area contributed by atoms with Crippen LogP contribution < -0.4 is 34.5 Å². The number of rotatable bonds is 16. The zero-order chi connectivity index (χ0) is 15.8. The average Bonchev–Trinajstić information content (AvgIpc) is 2.45. The topological polar surface area (TPSA) is 32.3 Å². The molecule has 1 atom stereocenters. The van der Waals surface area contributed by atoms with E-state index in [9.17, 15) is 4.89 Å². The molecule has 0 fully saturated rings. The van der Waals surface area contributed by atoms with Crippen LogP contribution in [0.3, 0.4) is 0 Å². The van der Waals surface area contributed by atoms with E-state index in [1.165, 1.54) is 69.2 Å². The largest absolute Gasteiger partial charge is 1.00 e. The molecule has 0 radical (unpaired) electrons. The van der Waals surface area contributed by atoms with Gasteiger partial charge in [-0.05, 0) is 18.6 Å². The molecule has 0 bridgehead atoms. The van der Waals surface area contributed by atoms with E-state index in [0.717, 1.165) is 25.0 Å². The second-order valence-corrected chi connectivity index (χ2v) is 11.8. The van der Waals surface area contributed by atoms with Crippen molar-refractivity contribution in [2.45, 2.75) is 90.9 Å². The zero-order valence-corrected chi connectivity index (χ0v) is 19.5. The van der Waals surface area contributed by atoms with Crippen molar-refractivity contribution in [2.24, 2.45) is 0 Å². The van der Waals surface area contributed by atoms with E-state index in [4.69, 9.17) is 16.3 Å². The van der Waals surface area contributed by atoms with Crippen LogP contribution in [0, 0.1) is 0 Å². The molecule has 22 heavy (non-hydrogen) atoms. The molecule has 0 aromatic rings. The van der Waals surface area contributed by atoms with Gasteiger partial charge in [0.05, 0.1) is 6.61 Å². The van der Waals surface area contributed by atoms with Gasteiger partial charge in [-0.15, -0.1) is 11.4 Å². The molecule has 0 rings (SSSR count). The Morgan fingerprint density at radius 3 is 1.82 bits per heavy atom. The van der Waals surface area contributed by atoms with Gasteiger partial charge in [0.15, 0.2) is 0 Å². The predicted molar refractivity (Wildman–Crippen MR) is 99.4 cm³/mol. The van der Waals surface area contributed by atoms with Gasteiger partial charge in [0.25, 0.3) is 0 Å². The molecule has 6 heteroatoms. The standard InChI is InChI=1S/C16H35O2PS2.Na/c1-3-5-7-9-11-13-15-18-19(17,20)21-16-14-12-10-8-6-4-2;/h3-16H2,1-2H3,(H,17,20);/q;+1/p-1. The normalized spacial score (nSPS) is 13.6. The van der Waals surface area contributed by atoms with Gasteiger partial charge in [0.1, 0.15) is 0 Å². The van der Waals surface area contributed by atoms with Crippen LogP contribution in [0.15, 0.2) is 0 Å². The minimum absolute atomic E-state index is 0. The van der Waals surface area contributed by atoms with Crippen LogP contribution >= 0.6 is 17.1 Å². The molecule has 0 aliphatic rings. The van der Waals surface area contributed by atoms with Crippen molar-refractivity contribution in [3.63, 3.8) is 0 Å². The second kappa shape index (κ2) is 19.2. The van der Waals surface area contributed by atoms with E-state index in [1.807, 2.05) is 0 Å². The minimum atomic E-state index is -2.82. The zero-order valence-electron chi connectivity index (χ0n) is 15.0. The first-order chi connectivity index (χ1) is 10.1. The van der Waals surface area contributed by atoms with Crippen LogP contribution in [0.2, 0.25) is 0 Å². The van der Waals surface area contributed by atoms with Crippen molar-refractivity contribution < 1.29 is 39.0 Å². The molecule has 0 saturated heterocycles. The number of hydrogen-bond donors (Lipinski definition) is 0. The molecule has 128 valence electrons. The Balaban J connectivity index is 0. The molecule has 0 spiro atoms. The molecular formula is C16H34NaO2PS2. The van der Waals surface area contributed by atoms with Crippen molar-refractivity contribution in [3.8, 4) is 0 Å². The minimum Gasteiger partial charge on any atom is -0.793 e. The maximum atomic E-state index is 12.0. The summed E-state index contributed by atoms with van der Waals surface area (Å²) in [6.07, 6.45) is 14.8. The van der Waals surface area contributed by atoms with Crippen molar-refractivity contribution >= 4 is 28.9 Å². The van der Waals surface area contributed by atoms with Gasteiger partial charge in [0.2, 0.25) is 0 Å². The molecule has 0 heterocycles. The molecule has 0 saturated carbocycles. The quantitative estimate of drug-likeness (QED) is 0.235. The second-order valence-electron chi connectivity index (χ2n) is 5.65. The summed E-state index contributed by atoms with van der Waals surface area (Å²) in [6, 6.07) is 0. The summed E-state index contributed by atoms with van der Waals surface area (Å²) in [6.45, 7) is 5.01. The van der Waals surface area contributed by atoms with Gasteiger partial charge in [0, 0.05) is 5.69 Å². The first-order valence-corrected chi connectivity index (χ1v) is 13.0. The monoisotopic (exact) mass is 376 g/mol. The van der Waals surface area contributed by atoms with E-state index in [1.54, 1.807) is 0 Å². The molecule has 0 aliphatic carbocycles. The van der Waals surface area contributed by atoms with Gasteiger partial charge < -0.3 is 9.42 Å². The molecule has 1 unspecified atom stereocenters. The molecular weight excluding hydrogens is 342 g/mol. The van der Waals surface area contributed by atoms with Gasteiger partial charge in [-0.3, -0.25) is 0 Å². The number of hydrogen-bond acceptors (Lipinski definition) is 4. The molecule has 0 aromatic carbocycles. The summed E-state index contributed by atoms with van der Waals surface area (Å²) >= 11 is 6.44. The Kier molecular flexibility index (Phi) is 22.9. The van der Waals surface area contributed by atoms with Gasteiger partial charge in [-0.25, -0.2) is 0 Å². The SMILES string of the molecule is CCCCCCCCOP([O-])(=S)SCCCCCCCC.[Na+]. The fourth-order valence-electron chi connectivity index (χ4n) is 2.15. The summed E-state index contributed by atoms with van der Waals surface area (Å²) in [5.41, 5.74) is -2.82. The molecule has 0 aliphatic heterocycles. The van der Waals surface area contributed by atoms with Crippen LogP contribution in [0.1, 0.15) is 90.9 Å². The van der Waals surface area contributed by atoms with E-state index >= 15 is 0 Å². The van der Waals surface area contributed by atoms with Gasteiger partial charge >= 0.3 is 29.6 Å². The van der Waals surface area contributed by atoms with Crippen molar-refractivity contribution in [2.75, 3.05) is 12.4 Å². The van der Waals surface area contributed by atoms with Gasteiger partial charge in [-0.2, -0.15) is 0 Å². The Labute approximate surface area is 170 Å². The van der Waals surface area contributed by atoms with E-state index in [2.05, 4.69) is 13.8 Å². The summed E-state index contributed by atoms with van der Waals surface area (Å²) in [5, 5.41) is 0. The summed E-state index contributed by atoms with van der Waals surface area (Å²) in [7, 11) is 0. The Hall–Kier alpha value is 1.92. The Morgan fingerprint density at radius 1 is 0.818 bits per heavy atom. The summed E-state index contributed by atoms with van der Waals surface area (Å²) in [5.74, 6) is 0.878. The molecule has 0 N–H and O–H groups in total. The molecule has 0 aromatic heterocycles. The fraction of sp³-hybridized carbons (Fsp3) is 1.00. The first kappa shape index (κ1) is 26.2. The van der Waals surface area contributed by atoms with E-state index < -0.39 is 5.69 Å². The third-order valence-electron chi connectivity index (χ3n) is 3.49. The van der Waals surface area contributed by atoms with Crippen molar-refractivity contribution in [1.29, 1.82) is 0 Å². The smallest absolute Gasteiger partial charge is 0.793 e. The van der Waals surface area contributed by atoms with Crippen LogP contribution in [0.25, 0.3) is 0 Å². The maximum absolute atomic E-state index is 12.0. The van der Waals surface area contributed by atoms with Crippen LogP contribution in [0.4, 0.5) is 0 Å². The predicted octanol–water partition coefficient (Wildman–Crippen LogP) is 3.05. The Bertz CT molecular complexity index is 247. The van der Waals surface area contributed by atoms with Gasteiger partial charge in [-0.1, -0.05) is 89.9 Å². The fourth-order valence-corrected chi connectivity index (χ4v) is 5.54. The van der Waals surface area contributed by atoms with E-state index in [-0.39, 0.29) is 29.6 Å². The number of unbranched alkanes of at least 4 members (excludes halogenated alkanes) is 10. The van der Waals surface area contributed by atoms with Crippen molar-refractivity contribution in [1.82, 2.24) is 0 Å². The third kappa shape index (κ3) is 20.0. The van der Waals surface area contributed by atoms with Crippen LogP contribution in [-0.2, 0) is 16.3 Å². The van der Waals surface area contributed by atoms with Crippen LogP contribution in [0.5, 0.6) is 0 Å². The molecule has 2 nitrogen and oxygen atoms in total. The maximum Gasteiger partial charge on any atom is 1.00 e. The van der Waals surface area contributed by atoms with E-state index in [0.29, 0.717) is 6.61 Å². The summed E-state index contributed by atoms with van der Waals surface area (Å²) < 4.78 is 5.41. The van der Waals surface area contributed by atoms with Crippen molar-refractivity contribution in [3.05, 3.63) is 0 Å². The third-order valence-corrected chi connectivity index (χ3v) is 7.86. The first-order valence-electron chi connectivity index (χ1n) is 8.72. The average molecular weight is 377 g/mol.